The predicted octanol–water partition coefficient (Wildman–Crippen LogP) is 4.12. The van der Waals surface area contributed by atoms with Crippen LogP contribution in [-0.2, 0) is 20.0 Å². The lowest BCUT2D eigenvalue weighted by Gasteiger charge is -2.19. The zero-order valence-electron chi connectivity index (χ0n) is 14.3. The van der Waals surface area contributed by atoms with E-state index in [1.54, 1.807) is 19.2 Å². The summed E-state index contributed by atoms with van der Waals surface area (Å²) in [7, 11) is -2.13. The van der Waals surface area contributed by atoms with Crippen LogP contribution in [0.25, 0.3) is 11.1 Å². The van der Waals surface area contributed by atoms with Crippen LogP contribution >= 0.6 is 11.6 Å². The summed E-state index contributed by atoms with van der Waals surface area (Å²) in [6.45, 7) is 5.89. The first-order valence-corrected chi connectivity index (χ1v) is 9.95. The first-order valence-electron chi connectivity index (χ1n) is 8.02. The predicted molar refractivity (Wildman–Crippen MR) is 93.3 cm³/mol. The van der Waals surface area contributed by atoms with Crippen molar-refractivity contribution < 1.29 is 17.6 Å². The smallest absolute Gasteiger partial charge is 0.200 e. The summed E-state index contributed by atoms with van der Waals surface area (Å²) >= 11 is 6.27. The maximum Gasteiger partial charge on any atom is 0.200 e. The first kappa shape index (κ1) is 17.7. The second-order valence-electron chi connectivity index (χ2n) is 7.28. The number of aromatic nitrogens is 1. The molecule has 1 aliphatic carbocycles. The zero-order chi connectivity index (χ0) is 17.7. The van der Waals surface area contributed by atoms with Crippen molar-refractivity contribution in [2.24, 2.45) is 0 Å². The summed E-state index contributed by atoms with van der Waals surface area (Å²) in [6.07, 6.45) is 1.80. The Morgan fingerprint density at radius 3 is 2.62 bits per heavy atom. The highest BCUT2D eigenvalue weighted by Crippen LogP contribution is 2.39. The number of methoxy groups -OCH3 is 1. The molecule has 24 heavy (non-hydrogen) atoms. The van der Waals surface area contributed by atoms with Gasteiger partial charge in [-0.25, -0.2) is 13.4 Å². The van der Waals surface area contributed by atoms with E-state index in [1.165, 1.54) is 0 Å². The molecule has 0 aliphatic heterocycles. The number of halogens is 1. The normalized spacial score (nSPS) is 22.4. The lowest BCUT2D eigenvalue weighted by molar-refractivity contribution is 0.111. The minimum atomic E-state index is -3.68. The second kappa shape index (κ2) is 6.00. The van der Waals surface area contributed by atoms with Crippen molar-refractivity contribution >= 4 is 32.5 Å². The van der Waals surface area contributed by atoms with E-state index in [1.807, 2.05) is 20.8 Å². The van der Waals surface area contributed by atoms with Crippen molar-refractivity contribution in [1.29, 1.82) is 0 Å². The summed E-state index contributed by atoms with van der Waals surface area (Å²) in [5.41, 5.74) is 0.429. The number of rotatable bonds is 3. The average molecular weight is 372 g/mol. The third-order valence-electron chi connectivity index (χ3n) is 4.48. The summed E-state index contributed by atoms with van der Waals surface area (Å²) in [4.78, 5) is 4.48. The molecular weight excluding hydrogens is 350 g/mol. The number of sulfone groups is 1. The molecule has 5 nitrogen and oxygen atoms in total. The van der Waals surface area contributed by atoms with Gasteiger partial charge >= 0.3 is 0 Å². The van der Waals surface area contributed by atoms with E-state index in [9.17, 15) is 8.42 Å². The van der Waals surface area contributed by atoms with Gasteiger partial charge in [-0.1, -0.05) is 32.4 Å². The molecule has 2 aromatic rings. The van der Waals surface area contributed by atoms with Crippen LogP contribution in [0, 0.1) is 0 Å². The number of oxazole rings is 1. The maximum atomic E-state index is 13.2. The SMILES string of the molecule is COC1CCCC1S(=O)(=O)c1c(Cl)ccc2nc(C(C)(C)C)oc12. The molecule has 0 N–H and O–H groups in total. The Kier molecular flexibility index (Phi) is 4.43. The number of hydrogen-bond acceptors (Lipinski definition) is 5. The van der Waals surface area contributed by atoms with Crippen molar-refractivity contribution in [3.63, 3.8) is 0 Å². The Bertz CT molecular complexity index is 867. The van der Waals surface area contributed by atoms with E-state index in [-0.39, 0.29) is 27.0 Å². The molecule has 1 fully saturated rings. The molecule has 0 saturated heterocycles. The molecule has 0 spiro atoms. The fraction of sp³-hybridized carbons (Fsp3) is 0.588. The molecule has 2 unspecified atom stereocenters. The summed E-state index contributed by atoms with van der Waals surface area (Å²) in [5.74, 6) is 0.492. The monoisotopic (exact) mass is 371 g/mol. The van der Waals surface area contributed by atoms with Crippen LogP contribution in [0.1, 0.15) is 45.9 Å². The largest absolute Gasteiger partial charge is 0.439 e. The quantitative estimate of drug-likeness (QED) is 0.811. The minimum Gasteiger partial charge on any atom is -0.439 e. The number of benzene rings is 1. The van der Waals surface area contributed by atoms with Crippen LogP contribution in [0.2, 0.25) is 5.02 Å². The van der Waals surface area contributed by atoms with Crippen LogP contribution in [0.15, 0.2) is 21.4 Å². The van der Waals surface area contributed by atoms with Gasteiger partial charge in [0.15, 0.2) is 15.4 Å². The summed E-state index contributed by atoms with van der Waals surface area (Å²) in [6, 6.07) is 3.26. The van der Waals surface area contributed by atoms with Gasteiger partial charge in [-0.05, 0) is 31.4 Å². The van der Waals surface area contributed by atoms with Gasteiger partial charge in [-0.15, -0.1) is 0 Å². The highest BCUT2D eigenvalue weighted by Gasteiger charge is 2.41. The van der Waals surface area contributed by atoms with Crippen molar-refractivity contribution in [1.82, 2.24) is 4.98 Å². The topological polar surface area (TPSA) is 69.4 Å². The Balaban J connectivity index is 2.21. The highest BCUT2D eigenvalue weighted by molar-refractivity contribution is 7.92. The maximum absolute atomic E-state index is 13.2. The molecule has 0 radical (unpaired) electrons. The molecule has 3 rings (SSSR count). The lowest BCUT2D eigenvalue weighted by atomic mass is 9.97. The fourth-order valence-electron chi connectivity index (χ4n) is 3.20. The van der Waals surface area contributed by atoms with Crippen LogP contribution in [0.3, 0.4) is 0 Å². The van der Waals surface area contributed by atoms with E-state index >= 15 is 0 Å². The Labute approximate surface area is 147 Å². The van der Waals surface area contributed by atoms with Gasteiger partial charge in [0.25, 0.3) is 0 Å². The van der Waals surface area contributed by atoms with Gasteiger partial charge < -0.3 is 9.15 Å². The molecule has 1 heterocycles. The molecule has 7 heteroatoms. The van der Waals surface area contributed by atoms with E-state index in [2.05, 4.69) is 4.98 Å². The second-order valence-corrected chi connectivity index (χ2v) is 9.79. The molecule has 2 atom stereocenters. The van der Waals surface area contributed by atoms with Gasteiger partial charge in [-0.2, -0.15) is 0 Å². The minimum absolute atomic E-state index is 0.0404. The molecular formula is C17H22ClNO4S. The van der Waals surface area contributed by atoms with Gasteiger partial charge in [0.2, 0.25) is 5.89 Å². The van der Waals surface area contributed by atoms with Gasteiger partial charge in [0.1, 0.15) is 10.4 Å². The third kappa shape index (κ3) is 2.85. The van der Waals surface area contributed by atoms with E-state index in [0.29, 0.717) is 17.8 Å². The van der Waals surface area contributed by atoms with Crippen molar-refractivity contribution in [3.8, 4) is 0 Å². The number of nitrogens with zero attached hydrogens (tertiary/aromatic N) is 1. The first-order chi connectivity index (χ1) is 11.2. The van der Waals surface area contributed by atoms with Gasteiger partial charge in [0, 0.05) is 12.5 Å². The highest BCUT2D eigenvalue weighted by atomic mass is 35.5. The van der Waals surface area contributed by atoms with E-state index in [4.69, 9.17) is 20.8 Å². The van der Waals surface area contributed by atoms with Crippen LogP contribution in [-0.4, -0.2) is 31.9 Å². The zero-order valence-corrected chi connectivity index (χ0v) is 15.9. The fourth-order valence-corrected chi connectivity index (χ4v) is 5.84. The average Bonchev–Trinajstić information content (AvgIpc) is 3.12. The van der Waals surface area contributed by atoms with E-state index in [0.717, 1.165) is 12.8 Å². The number of ether oxygens (including phenoxy) is 1. The van der Waals surface area contributed by atoms with Gasteiger partial charge in [0.05, 0.1) is 16.4 Å². The molecule has 1 aliphatic rings. The molecule has 0 bridgehead atoms. The van der Waals surface area contributed by atoms with Gasteiger partial charge in [-0.3, -0.25) is 0 Å². The molecule has 132 valence electrons. The summed E-state index contributed by atoms with van der Waals surface area (Å²) in [5, 5.41) is -0.436. The van der Waals surface area contributed by atoms with Crippen molar-refractivity contribution in [3.05, 3.63) is 23.0 Å². The third-order valence-corrected chi connectivity index (χ3v) is 7.22. The van der Waals surface area contributed by atoms with Crippen LogP contribution in [0.5, 0.6) is 0 Å². The van der Waals surface area contributed by atoms with Crippen molar-refractivity contribution in [2.75, 3.05) is 7.11 Å². The standard InChI is InChI=1S/C17H22ClNO4S/c1-17(2,3)16-19-11-9-8-10(18)15(14(11)23-16)24(20,21)13-7-5-6-12(13)22-4/h8-9,12-13H,5-7H2,1-4H3. The number of hydrogen-bond donors (Lipinski definition) is 0. The summed E-state index contributed by atoms with van der Waals surface area (Å²) < 4.78 is 37.7. The Hall–Kier alpha value is -1.11. The van der Waals surface area contributed by atoms with E-state index < -0.39 is 15.1 Å². The lowest BCUT2D eigenvalue weighted by Crippen LogP contribution is -2.31. The number of fused-ring (bicyclic) bond motifs is 1. The molecule has 1 aromatic heterocycles. The van der Waals surface area contributed by atoms with Crippen LogP contribution < -0.4 is 0 Å². The molecule has 0 amide bonds. The Morgan fingerprint density at radius 2 is 2.00 bits per heavy atom. The Morgan fingerprint density at radius 1 is 1.29 bits per heavy atom. The molecule has 1 aromatic carbocycles. The van der Waals surface area contributed by atoms with Crippen molar-refractivity contribution in [2.45, 2.75) is 61.7 Å². The molecule has 1 saturated carbocycles. The van der Waals surface area contributed by atoms with Crippen LogP contribution in [0.4, 0.5) is 0 Å².